The fourth-order valence-corrected chi connectivity index (χ4v) is 4.78. The van der Waals surface area contributed by atoms with Crippen molar-refractivity contribution in [1.29, 1.82) is 0 Å². The Hall–Kier alpha value is -2.19. The molecule has 0 saturated carbocycles. The molecule has 3 heterocycles. The first kappa shape index (κ1) is 19.6. The number of thiophene rings is 1. The summed E-state index contributed by atoms with van der Waals surface area (Å²) in [4.78, 5) is 28.8. The van der Waals surface area contributed by atoms with Crippen LogP contribution in [0.15, 0.2) is 6.07 Å². The van der Waals surface area contributed by atoms with Crippen LogP contribution in [0, 0.1) is 6.92 Å². The lowest BCUT2D eigenvalue weighted by Crippen LogP contribution is -2.30. The topological polar surface area (TPSA) is 76.5 Å². The molecule has 1 amide bonds. The Bertz CT molecular complexity index is 856. The Morgan fingerprint density at radius 2 is 2.15 bits per heavy atom. The maximum absolute atomic E-state index is 12.8. The van der Waals surface area contributed by atoms with Crippen molar-refractivity contribution in [3.63, 3.8) is 0 Å². The first-order valence-corrected chi connectivity index (χ1v) is 10.1. The fraction of sp³-hybridized carbons (Fsp3) is 0.526. The summed E-state index contributed by atoms with van der Waals surface area (Å²) in [5, 5.41) is 7.82. The Morgan fingerprint density at radius 1 is 1.37 bits per heavy atom. The molecular formula is C19H26N4O3S. The summed E-state index contributed by atoms with van der Waals surface area (Å²) < 4.78 is 6.66. The molecule has 0 spiro atoms. The molecule has 146 valence electrons. The molecule has 0 aliphatic carbocycles. The van der Waals surface area contributed by atoms with E-state index in [1.807, 2.05) is 13.8 Å². The number of hydrogen-bond donors (Lipinski definition) is 1. The number of nitrogens with zero attached hydrogens (tertiary/aromatic N) is 3. The van der Waals surface area contributed by atoms with Crippen molar-refractivity contribution < 1.29 is 14.3 Å². The van der Waals surface area contributed by atoms with Crippen LogP contribution >= 0.6 is 11.3 Å². The highest BCUT2D eigenvalue weighted by Gasteiger charge is 2.29. The molecule has 2 aromatic rings. The molecule has 3 rings (SSSR count). The zero-order valence-corrected chi connectivity index (χ0v) is 17.1. The van der Waals surface area contributed by atoms with Gasteiger partial charge in [-0.2, -0.15) is 5.10 Å². The first-order chi connectivity index (χ1) is 13.0. The van der Waals surface area contributed by atoms with Crippen LogP contribution in [-0.2, 0) is 24.2 Å². The summed E-state index contributed by atoms with van der Waals surface area (Å²) in [5.41, 5.74) is 2.79. The van der Waals surface area contributed by atoms with E-state index in [0.29, 0.717) is 22.8 Å². The van der Waals surface area contributed by atoms with Crippen molar-refractivity contribution in [3.05, 3.63) is 33.5 Å². The summed E-state index contributed by atoms with van der Waals surface area (Å²) in [6, 6.07) is 1.76. The predicted octanol–water partition coefficient (Wildman–Crippen LogP) is 3.08. The Balaban J connectivity index is 1.92. The van der Waals surface area contributed by atoms with E-state index in [2.05, 4.69) is 22.2 Å². The maximum atomic E-state index is 12.8. The number of nitrogens with one attached hydrogen (secondary N) is 1. The van der Waals surface area contributed by atoms with Gasteiger partial charge in [-0.15, -0.1) is 11.3 Å². The third-order valence-corrected chi connectivity index (χ3v) is 5.86. The lowest BCUT2D eigenvalue weighted by Gasteiger charge is -2.26. The van der Waals surface area contributed by atoms with Crippen molar-refractivity contribution in [3.8, 4) is 0 Å². The lowest BCUT2D eigenvalue weighted by atomic mass is 10.0. The second kappa shape index (κ2) is 8.22. The summed E-state index contributed by atoms with van der Waals surface area (Å²) in [5.74, 6) is -0.654. The molecule has 0 fully saturated rings. The molecule has 0 radical (unpaired) electrons. The van der Waals surface area contributed by atoms with E-state index in [1.165, 1.54) is 18.4 Å². The van der Waals surface area contributed by atoms with E-state index < -0.39 is 5.97 Å². The van der Waals surface area contributed by atoms with Gasteiger partial charge in [0, 0.05) is 24.5 Å². The molecular weight excluding hydrogens is 364 g/mol. The predicted molar refractivity (Wildman–Crippen MR) is 106 cm³/mol. The molecule has 0 aromatic carbocycles. The molecule has 8 heteroatoms. The lowest BCUT2D eigenvalue weighted by molar-refractivity contribution is 0.0600. The van der Waals surface area contributed by atoms with E-state index in [1.54, 1.807) is 10.7 Å². The van der Waals surface area contributed by atoms with Gasteiger partial charge in [-0.1, -0.05) is 6.92 Å². The van der Waals surface area contributed by atoms with Gasteiger partial charge in [-0.05, 0) is 44.9 Å². The van der Waals surface area contributed by atoms with E-state index in [-0.39, 0.29) is 5.91 Å². The first-order valence-electron chi connectivity index (χ1n) is 9.29. The molecule has 0 bridgehead atoms. The number of ether oxygens (including phenoxy) is 1. The number of anilines is 1. The van der Waals surface area contributed by atoms with Crippen LogP contribution < -0.4 is 5.32 Å². The number of fused-ring (bicyclic) bond motifs is 1. The molecule has 2 aromatic heterocycles. The zero-order valence-electron chi connectivity index (χ0n) is 16.3. The Labute approximate surface area is 163 Å². The third-order valence-electron chi connectivity index (χ3n) is 4.73. The van der Waals surface area contributed by atoms with Crippen molar-refractivity contribution in [2.24, 2.45) is 0 Å². The van der Waals surface area contributed by atoms with Gasteiger partial charge in [0.15, 0.2) is 0 Å². The minimum Gasteiger partial charge on any atom is -0.465 e. The smallest absolute Gasteiger partial charge is 0.341 e. The van der Waals surface area contributed by atoms with Gasteiger partial charge in [-0.3, -0.25) is 14.4 Å². The zero-order chi connectivity index (χ0) is 19.6. The number of rotatable bonds is 6. The normalized spacial score (nSPS) is 14.1. The molecule has 0 atom stereocenters. The van der Waals surface area contributed by atoms with Gasteiger partial charge in [0.05, 0.1) is 18.4 Å². The number of methoxy groups -OCH3 is 1. The van der Waals surface area contributed by atoms with Crippen molar-refractivity contribution in [2.45, 2.75) is 46.7 Å². The number of carbonyl (C=O) groups excluding carboxylic acids is 2. The maximum Gasteiger partial charge on any atom is 0.341 e. The SMILES string of the molecule is CCCN1CCc2c(sc(NC(=O)c3cc(C)nn3CC)c2C(=O)OC)C1. The van der Waals surface area contributed by atoms with Crippen LogP contribution in [0.4, 0.5) is 5.00 Å². The van der Waals surface area contributed by atoms with Crippen molar-refractivity contribution in [2.75, 3.05) is 25.5 Å². The van der Waals surface area contributed by atoms with Crippen molar-refractivity contribution in [1.82, 2.24) is 14.7 Å². The fourth-order valence-electron chi connectivity index (χ4n) is 3.51. The molecule has 1 aliphatic heterocycles. The van der Waals surface area contributed by atoms with Crippen LogP contribution in [0.5, 0.6) is 0 Å². The number of hydrogen-bond acceptors (Lipinski definition) is 6. The van der Waals surface area contributed by atoms with Crippen LogP contribution in [0.3, 0.4) is 0 Å². The van der Waals surface area contributed by atoms with Gasteiger partial charge in [0.1, 0.15) is 10.7 Å². The van der Waals surface area contributed by atoms with Crippen molar-refractivity contribution >= 4 is 28.2 Å². The van der Waals surface area contributed by atoms with Crippen LogP contribution in [0.1, 0.15) is 57.2 Å². The largest absolute Gasteiger partial charge is 0.465 e. The minimum atomic E-state index is -0.396. The Morgan fingerprint density at radius 3 is 2.81 bits per heavy atom. The number of amides is 1. The standard InChI is InChI=1S/C19H26N4O3S/c1-5-8-22-9-7-13-15(11-22)27-18(16(13)19(25)26-4)20-17(24)14-10-12(3)21-23(14)6-2/h10H,5-9,11H2,1-4H3,(H,20,24). The average molecular weight is 391 g/mol. The highest BCUT2D eigenvalue weighted by molar-refractivity contribution is 7.17. The number of aromatic nitrogens is 2. The monoisotopic (exact) mass is 390 g/mol. The highest BCUT2D eigenvalue weighted by Crippen LogP contribution is 2.37. The average Bonchev–Trinajstić information content (AvgIpc) is 3.20. The quantitative estimate of drug-likeness (QED) is 0.767. The van der Waals surface area contributed by atoms with Gasteiger partial charge < -0.3 is 10.1 Å². The minimum absolute atomic E-state index is 0.258. The number of aryl methyl sites for hydroxylation is 2. The van der Waals surface area contributed by atoms with Crippen LogP contribution in [-0.4, -0.2) is 46.8 Å². The highest BCUT2D eigenvalue weighted by atomic mass is 32.1. The van der Waals surface area contributed by atoms with Crippen LogP contribution in [0.25, 0.3) is 0 Å². The summed E-state index contributed by atoms with van der Waals surface area (Å²) in [7, 11) is 1.37. The van der Waals surface area contributed by atoms with Crippen LogP contribution in [0.2, 0.25) is 0 Å². The molecule has 7 nitrogen and oxygen atoms in total. The second-order valence-electron chi connectivity index (χ2n) is 6.67. The second-order valence-corrected chi connectivity index (χ2v) is 7.77. The summed E-state index contributed by atoms with van der Waals surface area (Å²) in [6.07, 6.45) is 1.88. The third kappa shape index (κ3) is 3.91. The number of carbonyl (C=O) groups is 2. The summed E-state index contributed by atoms with van der Waals surface area (Å²) in [6.45, 7) is 9.31. The van der Waals surface area contributed by atoms with Gasteiger partial charge in [0.2, 0.25) is 0 Å². The van der Waals surface area contributed by atoms with E-state index in [4.69, 9.17) is 4.74 Å². The van der Waals surface area contributed by atoms with E-state index >= 15 is 0 Å². The van der Waals surface area contributed by atoms with E-state index in [9.17, 15) is 9.59 Å². The van der Waals surface area contributed by atoms with Gasteiger partial charge >= 0.3 is 5.97 Å². The molecule has 1 aliphatic rings. The molecule has 27 heavy (non-hydrogen) atoms. The molecule has 1 N–H and O–H groups in total. The van der Waals surface area contributed by atoms with Gasteiger partial charge in [-0.25, -0.2) is 4.79 Å². The molecule has 0 unspecified atom stereocenters. The molecule has 0 saturated heterocycles. The Kier molecular flexibility index (Phi) is 5.96. The van der Waals surface area contributed by atoms with E-state index in [0.717, 1.165) is 48.6 Å². The summed E-state index contributed by atoms with van der Waals surface area (Å²) >= 11 is 1.47. The van der Waals surface area contributed by atoms with Gasteiger partial charge in [0.25, 0.3) is 5.91 Å². The number of esters is 1.